The molecule has 2 aliphatic carbocycles. The van der Waals surface area contributed by atoms with Gasteiger partial charge in [-0.15, -0.1) is 0 Å². The van der Waals surface area contributed by atoms with Gasteiger partial charge >= 0.3 is 5.97 Å². The lowest BCUT2D eigenvalue weighted by atomic mass is 9.64. The quantitative estimate of drug-likeness (QED) is 0.414. The van der Waals surface area contributed by atoms with Crippen molar-refractivity contribution in [2.75, 3.05) is 14.1 Å². The third-order valence-corrected chi connectivity index (χ3v) is 7.49. The minimum Gasteiger partial charge on any atom is -0.348 e. The zero-order chi connectivity index (χ0) is 21.8. The van der Waals surface area contributed by atoms with Crippen LogP contribution in [0, 0.1) is 26.4 Å². The minimum absolute atomic E-state index is 0.0166. The van der Waals surface area contributed by atoms with Crippen molar-refractivity contribution >= 4 is 34.9 Å². The number of amides is 1. The Morgan fingerprint density at radius 3 is 2.48 bits per heavy atom. The number of carbonyl (C=O) groups is 2. The molecule has 8 nitrogen and oxygen atoms in total. The Bertz CT molecular complexity index is 942. The maximum atomic E-state index is 13.0. The Morgan fingerprint density at radius 1 is 1.24 bits per heavy atom. The van der Waals surface area contributed by atoms with Crippen LogP contribution in [-0.2, 0) is 9.63 Å². The number of halogens is 1. The van der Waals surface area contributed by atoms with Crippen LogP contribution in [0.2, 0.25) is 5.02 Å². The van der Waals surface area contributed by atoms with Gasteiger partial charge in [-0.1, -0.05) is 37.5 Å². The van der Waals surface area contributed by atoms with E-state index in [0.29, 0.717) is 12.1 Å². The van der Waals surface area contributed by atoms with Crippen molar-refractivity contribution in [3.05, 3.63) is 38.9 Å². The van der Waals surface area contributed by atoms with Gasteiger partial charge in [0.05, 0.1) is 21.6 Å². The molecule has 1 amide bonds. The molecule has 2 saturated carbocycles. The third kappa shape index (κ3) is 2.92. The first-order chi connectivity index (χ1) is 13.4. The minimum atomic E-state index is -0.811. The van der Waals surface area contributed by atoms with E-state index in [1.807, 2.05) is 6.92 Å². The van der Waals surface area contributed by atoms with E-state index in [1.54, 1.807) is 19.0 Å². The lowest BCUT2D eigenvalue weighted by Gasteiger charge is -2.40. The molecule has 1 aromatic carbocycles. The molecule has 0 aromatic heterocycles. The Morgan fingerprint density at radius 2 is 1.90 bits per heavy atom. The molecule has 156 valence electrons. The maximum Gasteiger partial charge on any atom is 0.365 e. The average molecular weight is 422 g/mol. The van der Waals surface area contributed by atoms with E-state index in [1.165, 1.54) is 12.1 Å². The van der Waals surface area contributed by atoms with E-state index >= 15 is 0 Å². The van der Waals surface area contributed by atoms with Crippen LogP contribution in [0.5, 0.6) is 0 Å². The highest BCUT2D eigenvalue weighted by atomic mass is 35.5. The Balaban J connectivity index is 1.89. The number of hydrogen-bond donors (Lipinski definition) is 0. The summed E-state index contributed by atoms with van der Waals surface area (Å²) in [5.41, 5.74) is -1.05. The van der Waals surface area contributed by atoms with Crippen molar-refractivity contribution in [2.24, 2.45) is 21.4 Å². The van der Waals surface area contributed by atoms with Gasteiger partial charge in [-0.2, -0.15) is 0 Å². The van der Waals surface area contributed by atoms with Gasteiger partial charge in [0.2, 0.25) is 5.91 Å². The highest BCUT2D eigenvalue weighted by Gasteiger charge is 2.72. The number of hydrogen-bond acceptors (Lipinski definition) is 6. The molecule has 0 heterocycles. The summed E-state index contributed by atoms with van der Waals surface area (Å²) in [7, 11) is 3.48. The Hall–Kier alpha value is -2.48. The van der Waals surface area contributed by atoms with Gasteiger partial charge in [-0.25, -0.2) is 4.79 Å². The van der Waals surface area contributed by atoms with Gasteiger partial charge in [0, 0.05) is 32.0 Å². The van der Waals surface area contributed by atoms with Crippen molar-refractivity contribution < 1.29 is 19.3 Å². The molecular weight excluding hydrogens is 398 g/mol. The molecule has 0 saturated heterocycles. The summed E-state index contributed by atoms with van der Waals surface area (Å²) in [4.78, 5) is 42.5. The predicted molar refractivity (Wildman–Crippen MR) is 108 cm³/mol. The fourth-order valence-electron chi connectivity index (χ4n) is 4.85. The van der Waals surface area contributed by atoms with Gasteiger partial charge in [0.15, 0.2) is 0 Å². The molecular formula is C20H24ClN3O5. The van der Waals surface area contributed by atoms with E-state index in [0.717, 1.165) is 18.9 Å². The van der Waals surface area contributed by atoms with Gasteiger partial charge in [0.25, 0.3) is 5.69 Å². The van der Waals surface area contributed by atoms with Crippen molar-refractivity contribution in [1.82, 2.24) is 4.90 Å². The summed E-state index contributed by atoms with van der Waals surface area (Å²) >= 11 is 5.78. The summed E-state index contributed by atoms with van der Waals surface area (Å²) in [6.45, 7) is 6.17. The average Bonchev–Trinajstić information content (AvgIpc) is 2.95. The lowest BCUT2D eigenvalue weighted by Crippen LogP contribution is -2.46. The van der Waals surface area contributed by atoms with Crippen LogP contribution >= 0.6 is 11.6 Å². The molecule has 3 rings (SSSR count). The fourth-order valence-corrected chi connectivity index (χ4v) is 5.04. The van der Waals surface area contributed by atoms with Gasteiger partial charge in [0.1, 0.15) is 5.02 Å². The van der Waals surface area contributed by atoms with Crippen LogP contribution in [0.4, 0.5) is 5.69 Å². The number of rotatable bonds is 4. The number of fused-ring (bicyclic) bond motifs is 2. The molecule has 2 bridgehead atoms. The molecule has 0 aliphatic heterocycles. The third-order valence-electron chi connectivity index (χ3n) is 7.17. The number of benzene rings is 1. The number of oxime groups is 1. The van der Waals surface area contributed by atoms with Gasteiger partial charge in [-0.3, -0.25) is 14.9 Å². The van der Waals surface area contributed by atoms with Crippen molar-refractivity contribution in [3.63, 3.8) is 0 Å². The molecule has 1 aromatic rings. The van der Waals surface area contributed by atoms with E-state index in [9.17, 15) is 19.7 Å². The van der Waals surface area contributed by atoms with Crippen molar-refractivity contribution in [1.29, 1.82) is 0 Å². The zero-order valence-electron chi connectivity index (χ0n) is 17.1. The molecule has 0 radical (unpaired) electrons. The second-order valence-electron chi connectivity index (χ2n) is 8.76. The summed E-state index contributed by atoms with van der Waals surface area (Å²) in [5, 5.41) is 15.1. The smallest absolute Gasteiger partial charge is 0.348 e. The highest BCUT2D eigenvalue weighted by molar-refractivity contribution is 6.32. The summed E-state index contributed by atoms with van der Waals surface area (Å²) in [6.07, 6.45) is 1.94. The molecule has 2 aliphatic rings. The zero-order valence-corrected chi connectivity index (χ0v) is 17.9. The summed E-state index contributed by atoms with van der Waals surface area (Å²) in [5.74, 6) is -0.759. The van der Waals surface area contributed by atoms with Crippen LogP contribution in [0.1, 0.15) is 50.4 Å². The number of nitrogens with zero attached hydrogens (tertiary/aromatic N) is 3. The van der Waals surface area contributed by atoms with Crippen LogP contribution in [0.3, 0.4) is 0 Å². The Kier molecular flexibility index (Phi) is 4.98. The van der Waals surface area contributed by atoms with Crippen molar-refractivity contribution in [3.8, 4) is 0 Å². The van der Waals surface area contributed by atoms with Crippen LogP contribution < -0.4 is 0 Å². The molecule has 0 spiro atoms. The molecule has 29 heavy (non-hydrogen) atoms. The van der Waals surface area contributed by atoms with Gasteiger partial charge in [-0.05, 0) is 30.4 Å². The van der Waals surface area contributed by atoms with Crippen LogP contribution in [0.15, 0.2) is 23.4 Å². The first-order valence-electron chi connectivity index (χ1n) is 9.32. The monoisotopic (exact) mass is 421 g/mol. The lowest BCUT2D eigenvalue weighted by molar-refractivity contribution is -0.384. The second-order valence-corrected chi connectivity index (χ2v) is 9.16. The SMILES string of the molecule is CN(C)C(=O)C12CCC(C)(/C(=N\OC(=O)c3ccc(Cl)c([N+](=O)[O-])c3)C1)C2(C)C. The summed E-state index contributed by atoms with van der Waals surface area (Å²) < 4.78 is 0. The second kappa shape index (κ2) is 6.79. The standard InChI is InChI=1S/C20H24ClN3O5/c1-18(2)19(3)8-9-20(18,17(26)23(4)5)11-15(19)22-29-16(25)12-6-7-13(21)14(10-12)24(27)28/h6-7,10H,8-9,11H2,1-5H3/b22-15-. The van der Waals surface area contributed by atoms with Gasteiger partial charge < -0.3 is 9.74 Å². The van der Waals surface area contributed by atoms with E-state index < -0.39 is 16.3 Å². The molecule has 2 atom stereocenters. The van der Waals surface area contributed by atoms with Crippen LogP contribution in [0.25, 0.3) is 0 Å². The van der Waals surface area contributed by atoms with E-state index in [4.69, 9.17) is 16.4 Å². The van der Waals surface area contributed by atoms with E-state index in [-0.39, 0.29) is 33.0 Å². The molecule has 2 fully saturated rings. The number of nitro benzene ring substituents is 1. The predicted octanol–water partition coefficient (Wildman–Crippen LogP) is 4.07. The van der Waals surface area contributed by atoms with Crippen LogP contribution in [-0.4, -0.2) is 41.5 Å². The molecule has 0 N–H and O–H groups in total. The molecule has 2 unspecified atom stereocenters. The molecule has 9 heteroatoms. The van der Waals surface area contributed by atoms with E-state index in [2.05, 4.69) is 19.0 Å². The first kappa shape index (κ1) is 21.2. The van der Waals surface area contributed by atoms with Crippen molar-refractivity contribution in [2.45, 2.75) is 40.0 Å². The highest BCUT2D eigenvalue weighted by Crippen LogP contribution is 2.71. The summed E-state index contributed by atoms with van der Waals surface area (Å²) in [6, 6.07) is 3.69. The largest absolute Gasteiger partial charge is 0.365 e. The Labute approximate surface area is 174 Å². The first-order valence-corrected chi connectivity index (χ1v) is 9.69. The maximum absolute atomic E-state index is 13.0. The number of carbonyl (C=O) groups excluding carboxylic acids is 2. The number of nitro groups is 1. The normalized spacial score (nSPS) is 28.4. The fraction of sp³-hybridized carbons (Fsp3) is 0.550. The topological polar surface area (TPSA) is 102 Å².